The number of aromatic carboxylic acids is 1. The van der Waals surface area contributed by atoms with Crippen LogP contribution in [0.5, 0.6) is 11.5 Å². The summed E-state index contributed by atoms with van der Waals surface area (Å²) in [5.41, 5.74) is -1.12. The maximum atomic E-state index is 12.6. The third-order valence-electron chi connectivity index (χ3n) is 4.87. The molecule has 174 valence electrons. The second kappa shape index (κ2) is 8.83. The van der Waals surface area contributed by atoms with Crippen molar-refractivity contribution in [3.8, 4) is 11.5 Å². The van der Waals surface area contributed by atoms with Crippen LogP contribution < -0.4 is 20.3 Å². The van der Waals surface area contributed by atoms with Crippen LogP contribution in [0.1, 0.15) is 35.0 Å². The molecule has 0 saturated carbocycles. The predicted molar refractivity (Wildman–Crippen MR) is 119 cm³/mol. The van der Waals surface area contributed by atoms with Gasteiger partial charge < -0.3 is 28.5 Å². The summed E-state index contributed by atoms with van der Waals surface area (Å²) in [5, 5.41) is 19.4. The van der Waals surface area contributed by atoms with Gasteiger partial charge in [0, 0.05) is 19.1 Å². The Morgan fingerprint density at radius 2 is 1.32 bits per heavy atom. The number of carboxylic acids is 1. The van der Waals surface area contributed by atoms with Gasteiger partial charge in [-0.2, -0.15) is 0 Å². The van der Waals surface area contributed by atoms with Crippen LogP contribution in [0.4, 0.5) is 0 Å². The molecule has 2 heterocycles. The number of aliphatic hydroxyl groups excluding tert-OH is 1. The first-order valence-electron chi connectivity index (χ1n) is 10.0. The van der Waals surface area contributed by atoms with E-state index in [9.17, 15) is 24.3 Å². The molecule has 0 saturated heterocycles. The topological polar surface area (TPSA) is 153 Å². The number of carbonyl (C=O) groups excluding carboxylic acids is 1. The quantitative estimate of drug-likeness (QED) is 0.307. The Balaban J connectivity index is 1.76. The van der Waals surface area contributed by atoms with Gasteiger partial charge in [0.2, 0.25) is 5.76 Å². The van der Waals surface area contributed by atoms with Gasteiger partial charge in [0.15, 0.2) is 22.4 Å². The second-order valence-electron chi connectivity index (χ2n) is 7.41. The van der Waals surface area contributed by atoms with Crippen molar-refractivity contribution in [2.24, 2.45) is 0 Å². The molecule has 0 spiro atoms. The lowest BCUT2D eigenvalue weighted by molar-refractivity contribution is -0.0763. The van der Waals surface area contributed by atoms with Crippen molar-refractivity contribution >= 4 is 33.7 Å². The van der Waals surface area contributed by atoms with Crippen LogP contribution in [-0.2, 0) is 0 Å². The van der Waals surface area contributed by atoms with Crippen molar-refractivity contribution in [3.05, 3.63) is 80.5 Å². The Hall–Kier alpha value is -4.44. The molecular formula is C24H18O10. The van der Waals surface area contributed by atoms with E-state index < -0.39 is 40.8 Å². The standard InChI is InChI=1S/C24H18O10/c1-11(25)19-9-13(27)21-15(31-19)5-3-7-17(21)33-24(12(2)26)34-18-8-4-6-16-22(18)14(28)10-20(32-16)23(29)30/h3-10,12,24,26H,1-2H3,(H,29,30). The van der Waals surface area contributed by atoms with Gasteiger partial charge in [0.25, 0.3) is 6.29 Å². The van der Waals surface area contributed by atoms with Crippen molar-refractivity contribution in [1.29, 1.82) is 0 Å². The van der Waals surface area contributed by atoms with E-state index in [1.165, 1.54) is 50.2 Å². The molecule has 0 aliphatic carbocycles. The third-order valence-corrected chi connectivity index (χ3v) is 4.87. The Morgan fingerprint density at radius 3 is 1.76 bits per heavy atom. The molecule has 2 aromatic heterocycles. The number of carbonyl (C=O) groups is 2. The fourth-order valence-corrected chi connectivity index (χ4v) is 3.30. The maximum Gasteiger partial charge on any atom is 0.371 e. The van der Waals surface area contributed by atoms with Gasteiger partial charge in [0.05, 0.1) is 0 Å². The zero-order chi connectivity index (χ0) is 24.6. The largest absolute Gasteiger partial charge is 0.475 e. The lowest BCUT2D eigenvalue weighted by atomic mass is 10.2. The molecule has 0 aliphatic rings. The smallest absolute Gasteiger partial charge is 0.371 e. The Kier molecular flexibility index (Phi) is 5.91. The fraction of sp³-hybridized carbons (Fsp3) is 0.167. The summed E-state index contributed by atoms with van der Waals surface area (Å²) in [7, 11) is 0. The van der Waals surface area contributed by atoms with E-state index in [0.29, 0.717) is 0 Å². The SMILES string of the molecule is CC(=O)c1cc(=O)c2c(OC(Oc3cccc4oc(C(=O)O)cc(=O)c34)C(C)O)cccc2o1. The number of ether oxygens (including phenoxy) is 2. The van der Waals surface area contributed by atoms with Gasteiger partial charge in [-0.1, -0.05) is 12.1 Å². The van der Waals surface area contributed by atoms with Crippen LogP contribution in [-0.4, -0.2) is 34.4 Å². The van der Waals surface area contributed by atoms with E-state index in [2.05, 4.69) is 0 Å². The zero-order valence-corrected chi connectivity index (χ0v) is 17.9. The molecule has 0 bridgehead atoms. The molecule has 0 aliphatic heterocycles. The highest BCUT2D eigenvalue weighted by molar-refractivity contribution is 5.94. The molecule has 34 heavy (non-hydrogen) atoms. The van der Waals surface area contributed by atoms with Crippen molar-refractivity contribution in [1.82, 2.24) is 0 Å². The van der Waals surface area contributed by atoms with E-state index in [-0.39, 0.29) is 39.2 Å². The number of carboxylic acid groups (broad SMARTS) is 1. The van der Waals surface area contributed by atoms with Crippen molar-refractivity contribution < 1.29 is 38.1 Å². The van der Waals surface area contributed by atoms with Gasteiger partial charge in [0.1, 0.15) is 39.5 Å². The number of hydrogen-bond donors (Lipinski definition) is 2. The average molecular weight is 466 g/mol. The number of Topliss-reactive ketones (excluding diaryl/α,β-unsaturated/α-hetero) is 1. The summed E-state index contributed by atoms with van der Waals surface area (Å²) >= 11 is 0. The summed E-state index contributed by atoms with van der Waals surface area (Å²) in [5.74, 6) is -2.48. The van der Waals surface area contributed by atoms with Crippen LogP contribution in [0, 0.1) is 0 Å². The molecule has 0 fully saturated rings. The lowest BCUT2D eigenvalue weighted by Crippen LogP contribution is -2.35. The van der Waals surface area contributed by atoms with E-state index in [1.807, 2.05) is 0 Å². The normalized spacial score (nSPS) is 12.9. The number of benzene rings is 2. The number of ketones is 1. The van der Waals surface area contributed by atoms with Crippen molar-refractivity contribution in [3.63, 3.8) is 0 Å². The fourth-order valence-electron chi connectivity index (χ4n) is 3.30. The van der Waals surface area contributed by atoms with E-state index in [0.717, 1.165) is 12.1 Å². The highest BCUT2D eigenvalue weighted by Gasteiger charge is 2.24. The minimum Gasteiger partial charge on any atom is -0.475 e. The zero-order valence-electron chi connectivity index (χ0n) is 17.9. The van der Waals surface area contributed by atoms with Crippen LogP contribution in [0.3, 0.4) is 0 Å². The molecule has 2 atom stereocenters. The predicted octanol–water partition coefficient (Wildman–Crippen LogP) is 2.96. The summed E-state index contributed by atoms with van der Waals surface area (Å²) in [6.45, 7) is 2.64. The van der Waals surface area contributed by atoms with E-state index in [4.69, 9.17) is 23.4 Å². The third kappa shape index (κ3) is 4.26. The van der Waals surface area contributed by atoms with E-state index in [1.54, 1.807) is 0 Å². The molecule has 10 heteroatoms. The van der Waals surface area contributed by atoms with Gasteiger partial charge >= 0.3 is 5.97 Å². The minimum atomic E-state index is -1.40. The molecule has 4 aromatic rings. The van der Waals surface area contributed by atoms with Gasteiger partial charge in [-0.05, 0) is 31.2 Å². The number of hydrogen-bond acceptors (Lipinski definition) is 9. The van der Waals surface area contributed by atoms with Gasteiger partial charge in [-0.25, -0.2) is 4.79 Å². The van der Waals surface area contributed by atoms with Crippen LogP contribution in [0.15, 0.2) is 67.0 Å². The first kappa shape index (κ1) is 22.7. The molecular weight excluding hydrogens is 448 g/mol. The molecule has 10 nitrogen and oxygen atoms in total. The first-order valence-corrected chi connectivity index (χ1v) is 10.0. The van der Waals surface area contributed by atoms with Crippen molar-refractivity contribution in [2.75, 3.05) is 0 Å². The Bertz CT molecular complexity index is 1430. The highest BCUT2D eigenvalue weighted by Crippen LogP contribution is 2.28. The lowest BCUT2D eigenvalue weighted by Gasteiger charge is -2.23. The number of fused-ring (bicyclic) bond motifs is 2. The van der Waals surface area contributed by atoms with Gasteiger partial charge in [-0.3, -0.25) is 14.4 Å². The summed E-state index contributed by atoms with van der Waals surface area (Å²) in [4.78, 5) is 48.0. The minimum absolute atomic E-state index is 0.0210. The molecule has 2 unspecified atom stereocenters. The van der Waals surface area contributed by atoms with Crippen LogP contribution in [0.25, 0.3) is 21.9 Å². The summed E-state index contributed by atoms with van der Waals surface area (Å²) < 4.78 is 22.3. The van der Waals surface area contributed by atoms with Crippen LogP contribution >= 0.6 is 0 Å². The Labute approximate surface area is 190 Å². The molecule has 0 radical (unpaired) electrons. The molecule has 0 amide bonds. The summed E-state index contributed by atoms with van der Waals surface area (Å²) in [6, 6.07) is 10.6. The van der Waals surface area contributed by atoms with Gasteiger partial charge in [-0.15, -0.1) is 0 Å². The summed E-state index contributed by atoms with van der Waals surface area (Å²) in [6.07, 6.45) is -2.62. The molecule has 4 rings (SSSR count). The maximum absolute atomic E-state index is 12.6. The first-order chi connectivity index (χ1) is 16.2. The van der Waals surface area contributed by atoms with Crippen molar-refractivity contribution in [2.45, 2.75) is 26.2 Å². The molecule has 2 N–H and O–H groups in total. The number of rotatable bonds is 7. The highest BCUT2D eigenvalue weighted by atomic mass is 16.7. The monoisotopic (exact) mass is 466 g/mol. The Morgan fingerprint density at radius 1 is 0.853 bits per heavy atom. The number of aliphatic hydroxyl groups is 1. The van der Waals surface area contributed by atoms with E-state index >= 15 is 0 Å². The average Bonchev–Trinajstić information content (AvgIpc) is 2.78. The van der Waals surface area contributed by atoms with Crippen LogP contribution in [0.2, 0.25) is 0 Å². The molecule has 2 aromatic carbocycles. The second-order valence-corrected chi connectivity index (χ2v) is 7.41.